The Kier molecular flexibility index (Phi) is 9.72. The van der Waals surface area contributed by atoms with Crippen molar-refractivity contribution in [2.24, 2.45) is 10.4 Å². The molecule has 3 rings (SSSR count). The van der Waals surface area contributed by atoms with Gasteiger partial charge in [0.25, 0.3) is 0 Å². The highest BCUT2D eigenvalue weighted by Gasteiger charge is 2.37. The summed E-state index contributed by atoms with van der Waals surface area (Å²) in [5.41, 5.74) is 3.25. The predicted molar refractivity (Wildman–Crippen MR) is 138 cm³/mol. The SMILES string of the molecule is CCCCCCCCOc1ccc(/N=C2\CC(C)(C)CC3=C2SCC(C(=O)OCC)N3)cc1. The normalized spacial score (nSPS) is 20.8. The van der Waals surface area contributed by atoms with E-state index in [-0.39, 0.29) is 17.4 Å². The van der Waals surface area contributed by atoms with Crippen molar-refractivity contribution >= 4 is 29.1 Å². The minimum absolute atomic E-state index is 0.0853. The predicted octanol–water partition coefficient (Wildman–Crippen LogP) is 6.80. The van der Waals surface area contributed by atoms with Gasteiger partial charge in [-0.3, -0.25) is 4.99 Å². The average molecular weight is 473 g/mol. The van der Waals surface area contributed by atoms with Crippen molar-refractivity contribution in [2.45, 2.75) is 85.1 Å². The first kappa shape index (κ1) is 25.7. The maximum Gasteiger partial charge on any atom is 0.329 e. The molecule has 0 amide bonds. The van der Waals surface area contributed by atoms with E-state index in [4.69, 9.17) is 14.5 Å². The van der Waals surface area contributed by atoms with Crippen LogP contribution < -0.4 is 10.1 Å². The van der Waals surface area contributed by atoms with E-state index in [1.54, 1.807) is 11.8 Å². The fourth-order valence-corrected chi connectivity index (χ4v) is 5.48. The third-order valence-corrected chi connectivity index (χ3v) is 7.29. The zero-order chi connectivity index (χ0) is 23.7. The van der Waals surface area contributed by atoms with Gasteiger partial charge in [0, 0.05) is 16.4 Å². The maximum absolute atomic E-state index is 12.2. The summed E-state index contributed by atoms with van der Waals surface area (Å²) in [7, 11) is 0. The number of esters is 1. The Labute approximate surface area is 203 Å². The lowest BCUT2D eigenvalue weighted by Crippen LogP contribution is -2.45. The number of thioether (sulfide) groups is 1. The van der Waals surface area contributed by atoms with Crippen molar-refractivity contribution in [1.82, 2.24) is 5.32 Å². The Morgan fingerprint density at radius 2 is 1.82 bits per heavy atom. The van der Waals surface area contributed by atoms with Gasteiger partial charge >= 0.3 is 5.97 Å². The standard InChI is InChI=1S/C27H40N2O3S/c1-5-7-8-9-10-11-16-32-21-14-12-20(13-15-21)28-22-17-27(3,4)18-23-25(22)33-19-24(29-23)26(30)31-6-2/h12-15,24,29H,5-11,16-19H2,1-4H3/b28-22+. The molecule has 1 unspecified atom stereocenters. The molecule has 0 saturated heterocycles. The van der Waals surface area contributed by atoms with E-state index in [0.717, 1.165) is 48.7 Å². The van der Waals surface area contributed by atoms with Gasteiger partial charge in [-0.15, -0.1) is 11.8 Å². The molecular weight excluding hydrogens is 432 g/mol. The number of hydrogen-bond donors (Lipinski definition) is 1. The number of carbonyl (C=O) groups excluding carboxylic acids is 1. The molecule has 0 saturated carbocycles. The van der Waals surface area contributed by atoms with Gasteiger partial charge in [-0.1, -0.05) is 52.9 Å². The smallest absolute Gasteiger partial charge is 0.329 e. The highest BCUT2D eigenvalue weighted by Crippen LogP contribution is 2.43. The molecule has 2 aliphatic rings. The summed E-state index contributed by atoms with van der Waals surface area (Å²) in [5, 5.41) is 3.45. The molecule has 1 atom stereocenters. The van der Waals surface area contributed by atoms with E-state index in [0.29, 0.717) is 12.4 Å². The molecule has 1 heterocycles. The van der Waals surface area contributed by atoms with Crippen molar-refractivity contribution in [3.8, 4) is 5.75 Å². The minimum atomic E-state index is -0.285. The Morgan fingerprint density at radius 3 is 2.55 bits per heavy atom. The molecular formula is C27H40N2O3S. The lowest BCUT2D eigenvalue weighted by atomic mass is 9.78. The first-order valence-electron chi connectivity index (χ1n) is 12.5. The van der Waals surface area contributed by atoms with Gasteiger partial charge in [-0.25, -0.2) is 4.79 Å². The molecule has 0 bridgehead atoms. The highest BCUT2D eigenvalue weighted by atomic mass is 32.2. The Bertz CT molecular complexity index is 845. The number of ether oxygens (including phenoxy) is 2. The number of benzene rings is 1. The van der Waals surface area contributed by atoms with Crippen LogP contribution in [-0.2, 0) is 9.53 Å². The second-order valence-electron chi connectivity index (χ2n) is 9.75. The van der Waals surface area contributed by atoms with Crippen LogP contribution in [0.4, 0.5) is 5.69 Å². The van der Waals surface area contributed by atoms with Crippen LogP contribution in [0.3, 0.4) is 0 Å². The quantitative estimate of drug-likeness (QED) is 0.283. The Hall–Kier alpha value is -1.95. The summed E-state index contributed by atoms with van der Waals surface area (Å²) >= 11 is 1.72. The number of nitrogens with one attached hydrogen (secondary N) is 1. The third-order valence-electron chi connectivity index (χ3n) is 6.02. The van der Waals surface area contributed by atoms with Crippen molar-refractivity contribution in [2.75, 3.05) is 19.0 Å². The molecule has 0 aromatic heterocycles. The molecule has 0 fully saturated rings. The lowest BCUT2D eigenvalue weighted by Gasteiger charge is -2.38. The molecule has 1 aliphatic heterocycles. The fourth-order valence-electron chi connectivity index (χ4n) is 4.34. The zero-order valence-corrected chi connectivity index (χ0v) is 21.6. The number of rotatable bonds is 11. The Balaban J connectivity index is 1.62. The zero-order valence-electron chi connectivity index (χ0n) is 20.7. The second-order valence-corrected chi connectivity index (χ2v) is 10.8. The summed E-state index contributed by atoms with van der Waals surface area (Å²) in [6.45, 7) is 9.78. The molecule has 1 N–H and O–H groups in total. The van der Waals surface area contributed by atoms with Crippen molar-refractivity contribution < 1.29 is 14.3 Å². The molecule has 1 aromatic carbocycles. The molecule has 0 spiro atoms. The summed E-state index contributed by atoms with van der Waals surface area (Å²) in [4.78, 5) is 18.4. The van der Waals surface area contributed by atoms with E-state index < -0.39 is 0 Å². The summed E-state index contributed by atoms with van der Waals surface area (Å²) in [5.74, 6) is 1.40. The van der Waals surface area contributed by atoms with Gasteiger partial charge in [0.05, 0.1) is 24.6 Å². The van der Waals surface area contributed by atoms with Crippen LogP contribution >= 0.6 is 11.8 Å². The average Bonchev–Trinajstić information content (AvgIpc) is 2.78. The van der Waals surface area contributed by atoms with E-state index in [2.05, 4.69) is 26.1 Å². The molecule has 182 valence electrons. The summed E-state index contributed by atoms with van der Waals surface area (Å²) < 4.78 is 11.1. The summed E-state index contributed by atoms with van der Waals surface area (Å²) in [6, 6.07) is 7.82. The number of nitrogens with zero attached hydrogens (tertiary/aromatic N) is 1. The topological polar surface area (TPSA) is 59.9 Å². The number of allylic oxidation sites excluding steroid dienone is 2. The number of carbonyl (C=O) groups is 1. The fraction of sp³-hybridized carbons (Fsp3) is 0.630. The Morgan fingerprint density at radius 1 is 1.09 bits per heavy atom. The lowest BCUT2D eigenvalue weighted by molar-refractivity contribution is -0.144. The van der Waals surface area contributed by atoms with Crippen LogP contribution in [0.2, 0.25) is 0 Å². The molecule has 5 nitrogen and oxygen atoms in total. The second kappa shape index (κ2) is 12.5. The number of hydrogen-bond acceptors (Lipinski definition) is 6. The monoisotopic (exact) mass is 472 g/mol. The van der Waals surface area contributed by atoms with Gasteiger partial charge in [0.2, 0.25) is 0 Å². The van der Waals surface area contributed by atoms with Gasteiger partial charge in [-0.05, 0) is 55.9 Å². The minimum Gasteiger partial charge on any atom is -0.494 e. The third kappa shape index (κ3) is 7.80. The van der Waals surface area contributed by atoms with Crippen LogP contribution in [0.25, 0.3) is 0 Å². The molecule has 6 heteroatoms. The van der Waals surface area contributed by atoms with Crippen LogP contribution in [0, 0.1) is 5.41 Å². The number of unbranched alkanes of at least 4 members (excludes halogenated alkanes) is 5. The van der Waals surface area contributed by atoms with E-state index in [1.165, 1.54) is 37.0 Å². The van der Waals surface area contributed by atoms with Crippen LogP contribution in [0.1, 0.15) is 79.1 Å². The number of aliphatic imine (C=N–C) groups is 1. The van der Waals surface area contributed by atoms with Gasteiger partial charge < -0.3 is 14.8 Å². The van der Waals surface area contributed by atoms with E-state index in [1.807, 2.05) is 31.2 Å². The van der Waals surface area contributed by atoms with E-state index in [9.17, 15) is 4.79 Å². The van der Waals surface area contributed by atoms with Gasteiger partial charge in [0.15, 0.2) is 0 Å². The molecule has 1 aromatic rings. The van der Waals surface area contributed by atoms with Crippen LogP contribution in [0.15, 0.2) is 39.9 Å². The van der Waals surface area contributed by atoms with Gasteiger partial charge in [-0.2, -0.15) is 0 Å². The first-order chi connectivity index (χ1) is 15.9. The highest BCUT2D eigenvalue weighted by molar-refractivity contribution is 8.04. The van der Waals surface area contributed by atoms with Crippen LogP contribution in [0.5, 0.6) is 5.75 Å². The molecule has 1 aliphatic carbocycles. The van der Waals surface area contributed by atoms with Gasteiger partial charge in [0.1, 0.15) is 11.8 Å². The van der Waals surface area contributed by atoms with E-state index >= 15 is 0 Å². The first-order valence-corrected chi connectivity index (χ1v) is 13.5. The largest absolute Gasteiger partial charge is 0.494 e. The molecule has 0 radical (unpaired) electrons. The van der Waals surface area contributed by atoms with Crippen molar-refractivity contribution in [3.63, 3.8) is 0 Å². The van der Waals surface area contributed by atoms with Crippen LogP contribution in [-0.4, -0.2) is 36.7 Å². The maximum atomic E-state index is 12.2. The molecule has 33 heavy (non-hydrogen) atoms. The summed E-state index contributed by atoms with van der Waals surface area (Å²) in [6.07, 6.45) is 9.43. The van der Waals surface area contributed by atoms with Crippen molar-refractivity contribution in [1.29, 1.82) is 0 Å². The van der Waals surface area contributed by atoms with Crippen molar-refractivity contribution in [3.05, 3.63) is 34.9 Å².